The minimum Gasteiger partial charge on any atom is -0.481 e. The van der Waals surface area contributed by atoms with Crippen molar-refractivity contribution < 1.29 is 14.7 Å². The topological polar surface area (TPSA) is 70.5 Å². The van der Waals surface area contributed by atoms with Crippen LogP contribution in [0.15, 0.2) is 24.5 Å². The van der Waals surface area contributed by atoms with Crippen molar-refractivity contribution in [2.45, 2.75) is 19.8 Å². The molecule has 0 aromatic carbocycles. The Balaban J connectivity index is 2.17. The summed E-state index contributed by atoms with van der Waals surface area (Å²) in [6, 6.07) is 3.55. The lowest BCUT2D eigenvalue weighted by Crippen LogP contribution is -2.36. The van der Waals surface area contributed by atoms with Crippen molar-refractivity contribution in [3.63, 3.8) is 0 Å². The molecule has 0 aliphatic heterocycles. The van der Waals surface area contributed by atoms with Gasteiger partial charge in [-0.2, -0.15) is 0 Å². The molecule has 0 saturated heterocycles. The van der Waals surface area contributed by atoms with Crippen LogP contribution >= 0.6 is 0 Å². The smallest absolute Gasteiger partial charge is 0.307 e. The number of carbonyl (C=O) groups excluding carboxylic acids is 1. The van der Waals surface area contributed by atoms with Crippen LogP contribution in [-0.4, -0.2) is 29.0 Å². The van der Waals surface area contributed by atoms with Gasteiger partial charge in [0.25, 0.3) is 0 Å². The molecule has 5 nitrogen and oxygen atoms in total. The van der Waals surface area contributed by atoms with E-state index in [2.05, 4.69) is 4.98 Å². The van der Waals surface area contributed by atoms with Crippen LogP contribution in [0, 0.1) is 17.8 Å². The number of nitrogens with zero attached hydrogens (tertiary/aromatic N) is 2. The fourth-order valence-corrected chi connectivity index (χ4v) is 2.77. The van der Waals surface area contributed by atoms with Crippen molar-refractivity contribution >= 4 is 17.6 Å². The number of rotatable bonds is 3. The molecule has 1 fully saturated rings. The standard InChI is InChI=1S/C14H18N2O3/c1-9-6-11(12(7-9)14(18)19)13(17)16(2)10-4-3-5-15-8-10/h3-5,8-9,11-12H,6-7H2,1-2H3,(H,18,19). The van der Waals surface area contributed by atoms with E-state index in [0.717, 1.165) is 0 Å². The first-order valence-corrected chi connectivity index (χ1v) is 6.41. The minimum absolute atomic E-state index is 0.134. The summed E-state index contributed by atoms with van der Waals surface area (Å²) in [6.45, 7) is 1.99. The normalized spacial score (nSPS) is 26.1. The summed E-state index contributed by atoms with van der Waals surface area (Å²) in [5.41, 5.74) is 0.691. The Kier molecular flexibility index (Phi) is 3.83. The summed E-state index contributed by atoms with van der Waals surface area (Å²) in [5.74, 6) is -1.73. The molecule has 0 radical (unpaired) electrons. The highest BCUT2D eigenvalue weighted by Crippen LogP contribution is 2.37. The van der Waals surface area contributed by atoms with Gasteiger partial charge in [-0.3, -0.25) is 14.6 Å². The number of pyridine rings is 1. The van der Waals surface area contributed by atoms with E-state index in [-0.39, 0.29) is 11.8 Å². The molecule has 1 saturated carbocycles. The average Bonchev–Trinajstić information content (AvgIpc) is 2.80. The van der Waals surface area contributed by atoms with Crippen LogP contribution in [0.2, 0.25) is 0 Å². The van der Waals surface area contributed by atoms with Gasteiger partial charge >= 0.3 is 5.97 Å². The van der Waals surface area contributed by atoms with Crippen molar-refractivity contribution in [1.29, 1.82) is 0 Å². The van der Waals surface area contributed by atoms with Gasteiger partial charge in [-0.25, -0.2) is 0 Å². The summed E-state index contributed by atoms with van der Waals surface area (Å²) in [5, 5.41) is 9.22. The van der Waals surface area contributed by atoms with Crippen molar-refractivity contribution in [2.75, 3.05) is 11.9 Å². The predicted octanol–water partition coefficient (Wildman–Crippen LogP) is 1.79. The zero-order valence-electron chi connectivity index (χ0n) is 11.1. The number of aliphatic carboxylic acids is 1. The molecular weight excluding hydrogens is 244 g/mol. The third-order valence-electron chi connectivity index (χ3n) is 3.80. The molecule has 1 heterocycles. The number of hydrogen-bond acceptors (Lipinski definition) is 3. The largest absolute Gasteiger partial charge is 0.481 e. The number of hydrogen-bond donors (Lipinski definition) is 1. The number of carboxylic acids is 1. The fraction of sp³-hybridized carbons (Fsp3) is 0.500. The van der Waals surface area contributed by atoms with E-state index in [0.29, 0.717) is 18.5 Å². The molecule has 0 bridgehead atoms. The molecule has 5 heteroatoms. The van der Waals surface area contributed by atoms with Gasteiger partial charge < -0.3 is 10.0 Å². The first-order chi connectivity index (χ1) is 9.00. The summed E-state index contributed by atoms with van der Waals surface area (Å²) >= 11 is 0. The van der Waals surface area contributed by atoms with Crippen LogP contribution < -0.4 is 4.90 Å². The average molecular weight is 262 g/mol. The first-order valence-electron chi connectivity index (χ1n) is 6.41. The summed E-state index contributed by atoms with van der Waals surface area (Å²) in [6.07, 6.45) is 4.46. The molecule has 1 amide bonds. The zero-order valence-corrected chi connectivity index (χ0v) is 11.1. The fourth-order valence-electron chi connectivity index (χ4n) is 2.77. The van der Waals surface area contributed by atoms with E-state index in [1.54, 1.807) is 31.6 Å². The van der Waals surface area contributed by atoms with Gasteiger partial charge in [0.05, 0.1) is 23.7 Å². The van der Waals surface area contributed by atoms with Crippen LogP contribution in [0.5, 0.6) is 0 Å². The highest BCUT2D eigenvalue weighted by molar-refractivity contribution is 5.97. The van der Waals surface area contributed by atoms with Crippen LogP contribution in [-0.2, 0) is 9.59 Å². The second kappa shape index (κ2) is 5.38. The quantitative estimate of drug-likeness (QED) is 0.901. The maximum Gasteiger partial charge on any atom is 0.307 e. The molecule has 0 spiro atoms. The van der Waals surface area contributed by atoms with Crippen LogP contribution in [0.3, 0.4) is 0 Å². The van der Waals surface area contributed by atoms with Crippen LogP contribution in [0.4, 0.5) is 5.69 Å². The molecule has 19 heavy (non-hydrogen) atoms. The van der Waals surface area contributed by atoms with Crippen molar-refractivity contribution in [3.8, 4) is 0 Å². The third kappa shape index (κ3) is 2.75. The van der Waals surface area contributed by atoms with Gasteiger partial charge in [0.2, 0.25) is 5.91 Å². The second-order valence-corrected chi connectivity index (χ2v) is 5.24. The van der Waals surface area contributed by atoms with E-state index in [4.69, 9.17) is 0 Å². The maximum atomic E-state index is 12.4. The SMILES string of the molecule is CC1CC(C(=O)O)C(C(=O)N(C)c2cccnc2)C1. The molecule has 1 aromatic rings. The number of aromatic nitrogens is 1. The van der Waals surface area contributed by atoms with Gasteiger partial charge in [0, 0.05) is 13.2 Å². The molecule has 1 aliphatic rings. The monoisotopic (exact) mass is 262 g/mol. The number of carboxylic acid groups (broad SMARTS) is 1. The molecule has 3 atom stereocenters. The third-order valence-corrected chi connectivity index (χ3v) is 3.80. The highest BCUT2D eigenvalue weighted by Gasteiger charge is 2.42. The first kappa shape index (κ1) is 13.5. The molecule has 2 rings (SSSR count). The molecule has 1 N–H and O–H groups in total. The summed E-state index contributed by atoms with van der Waals surface area (Å²) in [4.78, 5) is 29.2. The van der Waals surface area contributed by atoms with Gasteiger partial charge in [-0.05, 0) is 30.9 Å². The minimum atomic E-state index is -0.873. The highest BCUT2D eigenvalue weighted by atomic mass is 16.4. The Morgan fingerprint density at radius 3 is 2.63 bits per heavy atom. The Morgan fingerprint density at radius 1 is 1.37 bits per heavy atom. The molecular formula is C14H18N2O3. The Morgan fingerprint density at radius 2 is 2.05 bits per heavy atom. The molecule has 102 valence electrons. The number of amides is 1. The lowest BCUT2D eigenvalue weighted by Gasteiger charge is -2.23. The van der Waals surface area contributed by atoms with Gasteiger partial charge in [0.1, 0.15) is 0 Å². The van der Waals surface area contributed by atoms with E-state index in [9.17, 15) is 14.7 Å². The van der Waals surface area contributed by atoms with Gasteiger partial charge in [0.15, 0.2) is 0 Å². The lowest BCUT2D eigenvalue weighted by atomic mass is 9.95. The van der Waals surface area contributed by atoms with Crippen LogP contribution in [0.25, 0.3) is 0 Å². The molecule has 1 aromatic heterocycles. The van der Waals surface area contributed by atoms with E-state index in [1.807, 2.05) is 6.92 Å². The van der Waals surface area contributed by atoms with E-state index < -0.39 is 17.8 Å². The zero-order chi connectivity index (χ0) is 14.0. The Labute approximate surface area is 112 Å². The van der Waals surface area contributed by atoms with Gasteiger partial charge in [-0.1, -0.05) is 6.92 Å². The van der Waals surface area contributed by atoms with Crippen molar-refractivity contribution in [2.24, 2.45) is 17.8 Å². The maximum absolute atomic E-state index is 12.4. The van der Waals surface area contributed by atoms with E-state index in [1.165, 1.54) is 4.90 Å². The summed E-state index contributed by atoms with van der Waals surface area (Å²) < 4.78 is 0. The molecule has 3 unspecified atom stereocenters. The van der Waals surface area contributed by atoms with Crippen molar-refractivity contribution in [3.05, 3.63) is 24.5 Å². The Hall–Kier alpha value is -1.91. The summed E-state index contributed by atoms with van der Waals surface area (Å²) in [7, 11) is 1.67. The Bertz CT molecular complexity index is 475. The predicted molar refractivity (Wildman–Crippen MR) is 70.7 cm³/mol. The molecule has 1 aliphatic carbocycles. The second-order valence-electron chi connectivity index (χ2n) is 5.24. The number of anilines is 1. The van der Waals surface area contributed by atoms with Gasteiger partial charge in [-0.15, -0.1) is 0 Å². The number of carbonyl (C=O) groups is 2. The van der Waals surface area contributed by atoms with E-state index >= 15 is 0 Å². The van der Waals surface area contributed by atoms with Crippen molar-refractivity contribution in [1.82, 2.24) is 4.98 Å². The lowest BCUT2D eigenvalue weighted by molar-refractivity contribution is -0.145. The van der Waals surface area contributed by atoms with Crippen LogP contribution in [0.1, 0.15) is 19.8 Å².